The van der Waals surface area contributed by atoms with Crippen LogP contribution in [0, 0.1) is 11.6 Å². The standard InChI is InChI=1S/C11H10ClF2N3/c1-2-3-10-15-16-11(12)17(10)9-6-7(13)4-5-8(9)14/h4-6H,2-3H2,1H3. The summed E-state index contributed by atoms with van der Waals surface area (Å²) in [6, 6.07) is 3.18. The van der Waals surface area contributed by atoms with Crippen molar-refractivity contribution in [3.63, 3.8) is 0 Å². The molecule has 1 aromatic heterocycles. The number of aryl methyl sites for hydroxylation is 1. The Labute approximate surface area is 102 Å². The molecule has 90 valence electrons. The van der Waals surface area contributed by atoms with Crippen molar-refractivity contribution in [1.82, 2.24) is 14.8 Å². The van der Waals surface area contributed by atoms with E-state index < -0.39 is 11.6 Å². The molecule has 0 atom stereocenters. The number of hydrogen-bond acceptors (Lipinski definition) is 2. The van der Waals surface area contributed by atoms with Crippen molar-refractivity contribution in [2.24, 2.45) is 0 Å². The van der Waals surface area contributed by atoms with E-state index >= 15 is 0 Å². The van der Waals surface area contributed by atoms with Gasteiger partial charge >= 0.3 is 0 Å². The summed E-state index contributed by atoms with van der Waals surface area (Å²) in [5.74, 6) is -0.582. The van der Waals surface area contributed by atoms with E-state index in [1.54, 1.807) is 0 Å². The Morgan fingerprint density at radius 2 is 2.06 bits per heavy atom. The SMILES string of the molecule is CCCc1nnc(Cl)n1-c1cc(F)ccc1F. The van der Waals surface area contributed by atoms with Crippen molar-refractivity contribution < 1.29 is 8.78 Å². The molecule has 17 heavy (non-hydrogen) atoms. The molecule has 0 spiro atoms. The zero-order valence-electron chi connectivity index (χ0n) is 9.12. The van der Waals surface area contributed by atoms with Crippen molar-refractivity contribution in [3.8, 4) is 5.69 Å². The van der Waals surface area contributed by atoms with E-state index in [2.05, 4.69) is 10.2 Å². The molecule has 2 rings (SSSR count). The number of rotatable bonds is 3. The van der Waals surface area contributed by atoms with E-state index in [0.29, 0.717) is 12.2 Å². The van der Waals surface area contributed by atoms with Crippen molar-refractivity contribution >= 4 is 11.6 Å². The van der Waals surface area contributed by atoms with Crippen molar-refractivity contribution in [2.45, 2.75) is 19.8 Å². The summed E-state index contributed by atoms with van der Waals surface area (Å²) in [5.41, 5.74) is 0.0310. The van der Waals surface area contributed by atoms with Gasteiger partial charge in [-0.15, -0.1) is 10.2 Å². The number of benzene rings is 1. The molecule has 0 aliphatic carbocycles. The third-order valence-corrected chi connectivity index (χ3v) is 2.56. The highest BCUT2D eigenvalue weighted by molar-refractivity contribution is 6.28. The summed E-state index contributed by atoms with van der Waals surface area (Å²) in [6.45, 7) is 1.95. The first-order valence-corrected chi connectivity index (χ1v) is 5.56. The second-order valence-corrected chi connectivity index (χ2v) is 3.90. The average Bonchev–Trinajstić information content (AvgIpc) is 2.64. The third kappa shape index (κ3) is 2.29. The van der Waals surface area contributed by atoms with E-state index in [4.69, 9.17) is 11.6 Å². The Kier molecular flexibility index (Phi) is 3.38. The highest BCUT2D eigenvalue weighted by Crippen LogP contribution is 2.21. The first-order valence-electron chi connectivity index (χ1n) is 5.18. The van der Waals surface area contributed by atoms with E-state index in [0.717, 1.165) is 24.6 Å². The van der Waals surface area contributed by atoms with E-state index in [1.807, 2.05) is 6.92 Å². The number of aromatic nitrogens is 3. The molecule has 0 amide bonds. The minimum absolute atomic E-state index is 0.0259. The maximum atomic E-state index is 13.6. The second-order valence-electron chi connectivity index (χ2n) is 3.57. The number of halogens is 3. The largest absolute Gasteiger partial charge is 0.267 e. The molecule has 1 heterocycles. The average molecular weight is 258 g/mol. The summed E-state index contributed by atoms with van der Waals surface area (Å²) < 4.78 is 28.1. The normalized spacial score (nSPS) is 10.8. The van der Waals surface area contributed by atoms with Gasteiger partial charge in [-0.05, 0) is 30.2 Å². The first-order chi connectivity index (χ1) is 8.13. The van der Waals surface area contributed by atoms with Crippen LogP contribution in [0.25, 0.3) is 5.69 Å². The van der Waals surface area contributed by atoms with Gasteiger partial charge in [-0.1, -0.05) is 6.92 Å². The summed E-state index contributed by atoms with van der Waals surface area (Å²) >= 11 is 5.84. The van der Waals surface area contributed by atoms with Crippen LogP contribution in [0.3, 0.4) is 0 Å². The molecule has 6 heteroatoms. The van der Waals surface area contributed by atoms with Crippen molar-refractivity contribution in [1.29, 1.82) is 0 Å². The lowest BCUT2D eigenvalue weighted by Crippen LogP contribution is -2.04. The molecule has 0 saturated carbocycles. The van der Waals surface area contributed by atoms with E-state index in [-0.39, 0.29) is 11.0 Å². The lowest BCUT2D eigenvalue weighted by Gasteiger charge is -2.08. The van der Waals surface area contributed by atoms with Gasteiger partial charge in [0, 0.05) is 12.5 Å². The number of hydrogen-bond donors (Lipinski definition) is 0. The van der Waals surface area contributed by atoms with Crippen LogP contribution in [0.5, 0.6) is 0 Å². The lowest BCUT2D eigenvalue weighted by atomic mass is 10.2. The highest BCUT2D eigenvalue weighted by atomic mass is 35.5. The fraction of sp³-hybridized carbons (Fsp3) is 0.273. The molecule has 0 radical (unpaired) electrons. The van der Waals surface area contributed by atoms with Crippen LogP contribution in [-0.4, -0.2) is 14.8 Å². The monoisotopic (exact) mass is 257 g/mol. The van der Waals surface area contributed by atoms with E-state index in [9.17, 15) is 8.78 Å². The van der Waals surface area contributed by atoms with Gasteiger partial charge in [-0.2, -0.15) is 0 Å². The molecule has 0 saturated heterocycles. The van der Waals surface area contributed by atoms with Gasteiger partial charge in [0.25, 0.3) is 0 Å². The zero-order chi connectivity index (χ0) is 12.4. The summed E-state index contributed by atoms with van der Waals surface area (Å²) in [4.78, 5) is 0. The van der Waals surface area contributed by atoms with Gasteiger partial charge in [0.15, 0.2) is 0 Å². The van der Waals surface area contributed by atoms with Gasteiger partial charge in [0.2, 0.25) is 5.28 Å². The molecule has 1 aromatic carbocycles. The Hall–Kier alpha value is -1.49. The quantitative estimate of drug-likeness (QED) is 0.846. The minimum Gasteiger partial charge on any atom is -0.267 e. The van der Waals surface area contributed by atoms with Crippen molar-refractivity contribution in [2.75, 3.05) is 0 Å². The Bertz CT molecular complexity index is 540. The second kappa shape index (κ2) is 4.79. The summed E-state index contributed by atoms with van der Waals surface area (Å²) in [6.07, 6.45) is 1.40. The molecule has 2 aromatic rings. The van der Waals surface area contributed by atoms with Crippen LogP contribution in [0.1, 0.15) is 19.2 Å². The molecule has 0 unspecified atom stereocenters. The first kappa shape index (κ1) is 12.0. The predicted octanol–water partition coefficient (Wildman–Crippen LogP) is 3.15. The van der Waals surface area contributed by atoms with Crippen LogP contribution in [-0.2, 0) is 6.42 Å². The molecule has 0 fully saturated rings. The molecule has 3 nitrogen and oxygen atoms in total. The fourth-order valence-corrected chi connectivity index (χ4v) is 1.80. The van der Waals surface area contributed by atoms with Gasteiger partial charge in [-0.25, -0.2) is 8.78 Å². The van der Waals surface area contributed by atoms with Gasteiger partial charge in [-0.3, -0.25) is 4.57 Å². The van der Waals surface area contributed by atoms with Crippen molar-refractivity contribution in [3.05, 3.63) is 40.9 Å². The summed E-state index contributed by atoms with van der Waals surface area (Å²) in [5, 5.41) is 7.54. The van der Waals surface area contributed by atoms with Gasteiger partial charge in [0.1, 0.15) is 17.5 Å². The van der Waals surface area contributed by atoms with Crippen LogP contribution in [0.15, 0.2) is 18.2 Å². The Morgan fingerprint density at radius 3 is 2.76 bits per heavy atom. The van der Waals surface area contributed by atoms with Crippen LogP contribution < -0.4 is 0 Å². The molecule has 0 aliphatic rings. The zero-order valence-corrected chi connectivity index (χ0v) is 9.88. The summed E-state index contributed by atoms with van der Waals surface area (Å²) in [7, 11) is 0. The predicted molar refractivity (Wildman–Crippen MR) is 60.3 cm³/mol. The maximum absolute atomic E-state index is 13.6. The Morgan fingerprint density at radius 1 is 1.29 bits per heavy atom. The molecular formula is C11H10ClF2N3. The Balaban J connectivity index is 2.58. The van der Waals surface area contributed by atoms with Crippen LogP contribution in [0.2, 0.25) is 5.28 Å². The maximum Gasteiger partial charge on any atom is 0.229 e. The molecule has 0 aliphatic heterocycles. The third-order valence-electron chi connectivity index (χ3n) is 2.31. The van der Waals surface area contributed by atoms with E-state index in [1.165, 1.54) is 4.57 Å². The smallest absolute Gasteiger partial charge is 0.229 e. The number of nitrogens with zero attached hydrogens (tertiary/aromatic N) is 3. The molecule has 0 bridgehead atoms. The molecule has 0 N–H and O–H groups in total. The van der Waals surface area contributed by atoms with Crippen LogP contribution in [0.4, 0.5) is 8.78 Å². The fourth-order valence-electron chi connectivity index (χ4n) is 1.58. The van der Waals surface area contributed by atoms with Crippen LogP contribution >= 0.6 is 11.6 Å². The minimum atomic E-state index is -0.564. The lowest BCUT2D eigenvalue weighted by molar-refractivity contribution is 0.590. The molecular weight excluding hydrogens is 248 g/mol. The van der Waals surface area contributed by atoms with Gasteiger partial charge in [0.05, 0.1) is 5.69 Å². The highest BCUT2D eigenvalue weighted by Gasteiger charge is 2.15. The topological polar surface area (TPSA) is 30.7 Å². The van der Waals surface area contributed by atoms with Gasteiger partial charge < -0.3 is 0 Å².